The lowest BCUT2D eigenvalue weighted by atomic mass is 9.94. The summed E-state index contributed by atoms with van der Waals surface area (Å²) in [5.74, 6) is -1.34. The third kappa shape index (κ3) is 6.75. The SMILES string of the molecule is CC(C)(Cc1ccc(Br)cc1)n1c(S(=O)(=O)N2CCN(C(=O)C(F)F)CC2)cnc1N(C=O)c1cc(Cl)cc(Cl)c1. The Morgan fingerprint density at radius 3 is 2.22 bits per heavy atom. The average molecular weight is 693 g/mol. The molecule has 4 rings (SSSR count). The third-order valence-electron chi connectivity index (χ3n) is 6.65. The predicted molar refractivity (Wildman–Crippen MR) is 155 cm³/mol. The van der Waals surface area contributed by atoms with Crippen LogP contribution < -0.4 is 4.90 Å². The quantitative estimate of drug-likeness (QED) is 0.283. The van der Waals surface area contributed by atoms with Gasteiger partial charge >= 0.3 is 6.43 Å². The first-order valence-corrected chi connectivity index (χ1v) is 15.3. The van der Waals surface area contributed by atoms with Gasteiger partial charge in [0, 0.05) is 46.2 Å². The molecule has 15 heteroatoms. The lowest BCUT2D eigenvalue weighted by Crippen LogP contribution is -2.52. The minimum atomic E-state index is -4.26. The van der Waals surface area contributed by atoms with E-state index < -0.39 is 27.9 Å². The van der Waals surface area contributed by atoms with Crippen molar-refractivity contribution in [3.8, 4) is 0 Å². The van der Waals surface area contributed by atoms with Gasteiger partial charge < -0.3 is 4.90 Å². The third-order valence-corrected chi connectivity index (χ3v) is 9.48. The smallest absolute Gasteiger partial charge is 0.315 e. The van der Waals surface area contributed by atoms with Gasteiger partial charge in [-0.05, 0) is 56.2 Å². The highest BCUT2D eigenvalue weighted by Crippen LogP contribution is 2.36. The fraction of sp³-hybridized carbons (Fsp3) is 0.346. The second-order valence-corrected chi connectivity index (χ2v) is 13.7. The molecular weight excluding hydrogens is 667 g/mol. The van der Waals surface area contributed by atoms with Crippen LogP contribution in [0.1, 0.15) is 19.4 Å². The molecule has 1 fully saturated rings. The van der Waals surface area contributed by atoms with E-state index in [0.29, 0.717) is 12.8 Å². The Bertz CT molecular complexity index is 1530. The fourth-order valence-electron chi connectivity index (χ4n) is 4.75. The van der Waals surface area contributed by atoms with Gasteiger partial charge in [-0.25, -0.2) is 13.4 Å². The minimum absolute atomic E-state index is 0.00512. The summed E-state index contributed by atoms with van der Waals surface area (Å²) in [5, 5.41) is 0.314. The van der Waals surface area contributed by atoms with Crippen molar-refractivity contribution in [3.63, 3.8) is 0 Å². The second-order valence-electron chi connectivity index (χ2n) is 9.98. The molecule has 2 heterocycles. The molecule has 41 heavy (non-hydrogen) atoms. The highest BCUT2D eigenvalue weighted by molar-refractivity contribution is 9.10. The van der Waals surface area contributed by atoms with Crippen molar-refractivity contribution in [2.75, 3.05) is 31.1 Å². The van der Waals surface area contributed by atoms with Crippen molar-refractivity contribution in [1.82, 2.24) is 18.8 Å². The summed E-state index contributed by atoms with van der Waals surface area (Å²) in [6, 6.07) is 12.0. The summed E-state index contributed by atoms with van der Waals surface area (Å²) in [6.07, 6.45) is -1.17. The summed E-state index contributed by atoms with van der Waals surface area (Å²) in [5.41, 5.74) is 0.203. The van der Waals surface area contributed by atoms with Crippen molar-refractivity contribution >= 4 is 73.1 Å². The molecule has 220 valence electrons. The molecule has 9 nitrogen and oxygen atoms in total. The van der Waals surface area contributed by atoms with Crippen molar-refractivity contribution < 1.29 is 26.8 Å². The number of piperazine rings is 1. The number of hydrogen-bond donors (Lipinski definition) is 0. The van der Waals surface area contributed by atoms with Gasteiger partial charge in [0.2, 0.25) is 12.4 Å². The Kier molecular flexibility index (Phi) is 9.44. The molecule has 0 unspecified atom stereocenters. The molecule has 1 aromatic heterocycles. The van der Waals surface area contributed by atoms with Crippen molar-refractivity contribution in [2.45, 2.75) is 37.3 Å². The largest absolute Gasteiger partial charge is 0.335 e. The molecule has 0 atom stereocenters. The van der Waals surface area contributed by atoms with E-state index in [1.54, 1.807) is 0 Å². The lowest BCUT2D eigenvalue weighted by molar-refractivity contribution is -0.144. The number of anilines is 2. The first kappa shape index (κ1) is 31.4. The van der Waals surface area contributed by atoms with E-state index in [2.05, 4.69) is 20.9 Å². The van der Waals surface area contributed by atoms with Gasteiger partial charge in [0.05, 0.1) is 11.9 Å². The predicted octanol–water partition coefficient (Wildman–Crippen LogP) is 5.32. The number of nitrogens with zero attached hydrogens (tertiary/aromatic N) is 5. The zero-order chi connectivity index (χ0) is 30.1. The number of halogens is 5. The van der Waals surface area contributed by atoms with Gasteiger partial charge in [0.15, 0.2) is 5.03 Å². The lowest BCUT2D eigenvalue weighted by Gasteiger charge is -2.36. The zero-order valence-corrected chi connectivity index (χ0v) is 25.9. The van der Waals surface area contributed by atoms with Gasteiger partial charge in [0.1, 0.15) is 0 Å². The van der Waals surface area contributed by atoms with Crippen LogP contribution >= 0.6 is 39.1 Å². The minimum Gasteiger partial charge on any atom is -0.335 e. The van der Waals surface area contributed by atoms with E-state index in [-0.39, 0.29) is 52.9 Å². The van der Waals surface area contributed by atoms with Gasteiger partial charge in [-0.15, -0.1) is 0 Å². The van der Waals surface area contributed by atoms with Crippen LogP contribution in [0.25, 0.3) is 0 Å². The van der Waals surface area contributed by atoms with Gasteiger partial charge in [-0.1, -0.05) is 51.3 Å². The number of carbonyl (C=O) groups excluding carboxylic acids is 2. The van der Waals surface area contributed by atoms with Crippen LogP contribution in [0, 0.1) is 0 Å². The van der Waals surface area contributed by atoms with Crippen molar-refractivity contribution in [1.29, 1.82) is 0 Å². The number of benzene rings is 2. The molecule has 2 aromatic carbocycles. The summed E-state index contributed by atoms with van der Waals surface area (Å²) in [7, 11) is -4.26. The maximum Gasteiger partial charge on any atom is 0.315 e. The monoisotopic (exact) mass is 691 g/mol. The molecular formula is C26H26BrCl2F2N5O4S. The number of imidazole rings is 1. The van der Waals surface area contributed by atoms with E-state index in [1.165, 1.54) is 22.8 Å². The van der Waals surface area contributed by atoms with Gasteiger partial charge in [-0.3, -0.25) is 19.1 Å². The van der Waals surface area contributed by atoms with E-state index in [9.17, 15) is 26.8 Å². The molecule has 0 bridgehead atoms. The topological polar surface area (TPSA) is 95.8 Å². The summed E-state index contributed by atoms with van der Waals surface area (Å²) in [6.45, 7) is 2.88. The molecule has 0 radical (unpaired) electrons. The molecule has 0 N–H and O–H groups in total. The number of alkyl halides is 2. The Labute approximate surface area is 254 Å². The highest BCUT2D eigenvalue weighted by atomic mass is 79.9. The zero-order valence-electron chi connectivity index (χ0n) is 22.0. The number of rotatable bonds is 9. The Hall–Kier alpha value is -2.58. The van der Waals surface area contributed by atoms with Gasteiger partial charge in [0.25, 0.3) is 15.9 Å². The summed E-state index contributed by atoms with van der Waals surface area (Å²) < 4.78 is 57.3. The molecule has 0 spiro atoms. The van der Waals surface area contributed by atoms with E-state index in [1.807, 2.05) is 38.1 Å². The van der Waals surface area contributed by atoms with Crippen LogP contribution in [0.3, 0.4) is 0 Å². The Morgan fingerprint density at radius 2 is 1.68 bits per heavy atom. The summed E-state index contributed by atoms with van der Waals surface area (Å²) in [4.78, 5) is 30.6. The Morgan fingerprint density at radius 1 is 1.10 bits per heavy atom. The van der Waals surface area contributed by atoms with Crippen LogP contribution in [0.5, 0.6) is 0 Å². The molecule has 0 saturated carbocycles. The molecule has 1 saturated heterocycles. The number of amides is 2. The summed E-state index contributed by atoms with van der Waals surface area (Å²) >= 11 is 15.8. The maximum atomic E-state index is 14.0. The molecule has 2 amide bonds. The normalized spacial score (nSPS) is 14.9. The molecule has 1 aliphatic heterocycles. The maximum absolute atomic E-state index is 14.0. The van der Waals surface area contributed by atoms with Crippen LogP contribution in [0.4, 0.5) is 20.4 Å². The number of sulfonamides is 1. The fourth-order valence-corrected chi connectivity index (χ4v) is 7.18. The number of aromatic nitrogens is 2. The first-order chi connectivity index (χ1) is 19.2. The van der Waals surface area contributed by atoms with Crippen LogP contribution in [0.2, 0.25) is 10.0 Å². The van der Waals surface area contributed by atoms with Crippen LogP contribution in [-0.2, 0) is 31.6 Å². The first-order valence-electron chi connectivity index (χ1n) is 12.3. The number of hydrogen-bond acceptors (Lipinski definition) is 5. The van der Waals surface area contributed by atoms with Crippen LogP contribution in [0.15, 0.2) is 58.2 Å². The molecule has 1 aliphatic rings. The van der Waals surface area contributed by atoms with E-state index >= 15 is 0 Å². The molecule has 3 aromatic rings. The Balaban J connectivity index is 1.80. The van der Waals surface area contributed by atoms with Gasteiger partial charge in [-0.2, -0.15) is 13.1 Å². The molecule has 0 aliphatic carbocycles. The van der Waals surface area contributed by atoms with E-state index in [0.717, 1.165) is 30.3 Å². The average Bonchev–Trinajstić information content (AvgIpc) is 3.36. The van der Waals surface area contributed by atoms with Crippen molar-refractivity contribution in [2.24, 2.45) is 0 Å². The number of carbonyl (C=O) groups is 2. The van der Waals surface area contributed by atoms with E-state index in [4.69, 9.17) is 23.2 Å². The van der Waals surface area contributed by atoms with Crippen molar-refractivity contribution in [3.05, 3.63) is 68.7 Å². The highest BCUT2D eigenvalue weighted by Gasteiger charge is 2.39. The van der Waals surface area contributed by atoms with Crippen LogP contribution in [-0.4, -0.2) is 72.1 Å². The standard InChI is InChI=1S/C26H26BrCl2F2N5O4S/c1-26(2,14-17-3-5-18(27)6-4-17)36-22(41(39,40)34-9-7-33(8-10-34)24(38)23(30)31)15-32-25(36)35(16-37)21-12-19(28)11-20(29)13-21/h3-6,11-13,15-16,23H,7-10,14H2,1-2H3. The second kappa shape index (κ2) is 12.3.